The number of halogens is 2. The summed E-state index contributed by atoms with van der Waals surface area (Å²) < 4.78 is 13.9. The highest BCUT2D eigenvalue weighted by atomic mass is 35.5. The van der Waals surface area contributed by atoms with E-state index in [-0.39, 0.29) is 5.02 Å². The minimum absolute atomic E-state index is 0.0905. The molecule has 0 amide bonds. The summed E-state index contributed by atoms with van der Waals surface area (Å²) in [4.78, 5) is 7.18. The molecule has 2 aromatic carbocycles. The van der Waals surface area contributed by atoms with E-state index in [0.717, 1.165) is 30.2 Å². The molecule has 124 valence electrons. The van der Waals surface area contributed by atoms with Crippen molar-refractivity contribution in [2.45, 2.75) is 13.8 Å². The van der Waals surface area contributed by atoms with Gasteiger partial charge < -0.3 is 10.2 Å². The lowest BCUT2D eigenvalue weighted by molar-refractivity contribution is 0.494. The quantitative estimate of drug-likeness (QED) is 0.711. The Hall–Kier alpha value is -2.07. The van der Waals surface area contributed by atoms with Gasteiger partial charge in [0.05, 0.1) is 16.4 Å². The van der Waals surface area contributed by atoms with Gasteiger partial charge in [-0.1, -0.05) is 37.6 Å². The van der Waals surface area contributed by atoms with Gasteiger partial charge in [0.2, 0.25) is 0 Å². The molecule has 1 saturated heterocycles. The predicted octanol–water partition coefficient (Wildman–Crippen LogP) is 5.20. The minimum Gasteiger partial charge on any atom is -0.355 e. The standard InChI is InChI=1S/C19H19ClFN3/c1-11-9-24(10-12(11)2)19-13-5-3-4-6-16(13)22-18-8-15(21)14(20)7-17(18)23-19/h3-8,11-12,22H,9-10H2,1-2H3. The third-order valence-corrected chi connectivity index (χ3v) is 5.28. The molecule has 2 unspecified atom stereocenters. The Balaban J connectivity index is 1.88. The normalized spacial score (nSPS) is 22.3. The molecule has 0 radical (unpaired) electrons. The van der Waals surface area contributed by atoms with Crippen LogP contribution in [0.5, 0.6) is 0 Å². The van der Waals surface area contributed by atoms with Gasteiger partial charge in [0.25, 0.3) is 0 Å². The second-order valence-electron chi connectivity index (χ2n) is 6.75. The van der Waals surface area contributed by atoms with Crippen molar-refractivity contribution in [3.8, 4) is 0 Å². The van der Waals surface area contributed by atoms with Crippen LogP contribution in [0.25, 0.3) is 0 Å². The predicted molar refractivity (Wildman–Crippen MR) is 97.2 cm³/mol. The molecule has 0 aliphatic carbocycles. The fraction of sp³-hybridized carbons (Fsp3) is 0.316. The summed E-state index contributed by atoms with van der Waals surface area (Å²) in [7, 11) is 0. The maximum atomic E-state index is 13.9. The van der Waals surface area contributed by atoms with Gasteiger partial charge >= 0.3 is 0 Å². The molecule has 24 heavy (non-hydrogen) atoms. The Kier molecular flexibility index (Phi) is 3.72. The molecule has 1 fully saturated rings. The first-order valence-electron chi connectivity index (χ1n) is 8.22. The molecule has 2 aliphatic heterocycles. The molecule has 2 aliphatic rings. The summed E-state index contributed by atoms with van der Waals surface area (Å²) >= 11 is 5.98. The van der Waals surface area contributed by atoms with E-state index in [1.807, 2.05) is 18.2 Å². The van der Waals surface area contributed by atoms with Gasteiger partial charge in [-0.2, -0.15) is 0 Å². The monoisotopic (exact) mass is 343 g/mol. The first kappa shape index (κ1) is 15.5. The third kappa shape index (κ3) is 2.55. The first-order chi connectivity index (χ1) is 11.5. The van der Waals surface area contributed by atoms with Crippen LogP contribution in [0.4, 0.5) is 21.5 Å². The smallest absolute Gasteiger partial charge is 0.144 e. The van der Waals surface area contributed by atoms with Gasteiger partial charge in [-0.05, 0) is 30.0 Å². The van der Waals surface area contributed by atoms with E-state index in [1.54, 1.807) is 6.07 Å². The number of benzene rings is 2. The molecule has 5 heteroatoms. The lowest BCUT2D eigenvalue weighted by Gasteiger charge is -2.21. The fourth-order valence-electron chi connectivity index (χ4n) is 3.38. The van der Waals surface area contributed by atoms with Crippen LogP contribution in [0.15, 0.2) is 41.4 Å². The van der Waals surface area contributed by atoms with Crippen LogP contribution in [-0.2, 0) is 0 Å². The number of nitrogens with one attached hydrogen (secondary N) is 1. The van der Waals surface area contributed by atoms with E-state index in [2.05, 4.69) is 30.1 Å². The Labute approximate surface area is 146 Å². The summed E-state index contributed by atoms with van der Waals surface area (Å²) in [6, 6.07) is 11.0. The first-order valence-corrected chi connectivity index (χ1v) is 8.60. The maximum absolute atomic E-state index is 13.9. The Morgan fingerprint density at radius 3 is 2.58 bits per heavy atom. The number of likely N-dealkylation sites (tertiary alicyclic amines) is 1. The zero-order chi connectivity index (χ0) is 16.8. The van der Waals surface area contributed by atoms with E-state index < -0.39 is 5.82 Å². The van der Waals surface area contributed by atoms with Crippen molar-refractivity contribution in [1.29, 1.82) is 0 Å². The zero-order valence-corrected chi connectivity index (χ0v) is 14.4. The second-order valence-corrected chi connectivity index (χ2v) is 7.16. The molecule has 1 N–H and O–H groups in total. The highest BCUT2D eigenvalue weighted by Gasteiger charge is 2.31. The van der Waals surface area contributed by atoms with E-state index in [1.165, 1.54) is 6.07 Å². The SMILES string of the molecule is CC1CN(C2=Nc3cc(Cl)c(F)cc3Nc3ccccc32)CC1C. The van der Waals surface area contributed by atoms with Gasteiger partial charge in [0, 0.05) is 30.4 Å². The van der Waals surface area contributed by atoms with Crippen LogP contribution in [0.2, 0.25) is 5.02 Å². The van der Waals surface area contributed by atoms with E-state index in [0.29, 0.717) is 23.2 Å². The number of amidine groups is 1. The van der Waals surface area contributed by atoms with Gasteiger partial charge in [0.1, 0.15) is 11.7 Å². The highest BCUT2D eigenvalue weighted by Crippen LogP contribution is 2.38. The highest BCUT2D eigenvalue weighted by molar-refractivity contribution is 6.31. The Morgan fingerprint density at radius 1 is 1.12 bits per heavy atom. The zero-order valence-electron chi connectivity index (χ0n) is 13.7. The van der Waals surface area contributed by atoms with Crippen molar-refractivity contribution < 1.29 is 4.39 Å². The summed E-state index contributed by atoms with van der Waals surface area (Å²) in [5.74, 6) is 1.72. The number of fused-ring (bicyclic) bond motifs is 2. The molecule has 3 nitrogen and oxygen atoms in total. The van der Waals surface area contributed by atoms with Crippen molar-refractivity contribution in [3.63, 3.8) is 0 Å². The van der Waals surface area contributed by atoms with Crippen molar-refractivity contribution in [1.82, 2.24) is 4.90 Å². The van der Waals surface area contributed by atoms with Gasteiger partial charge in [-0.15, -0.1) is 0 Å². The molecule has 0 saturated carbocycles. The fourth-order valence-corrected chi connectivity index (χ4v) is 3.54. The summed E-state index contributed by atoms with van der Waals surface area (Å²) in [6.45, 7) is 6.48. The minimum atomic E-state index is -0.442. The Bertz CT molecular complexity index is 823. The van der Waals surface area contributed by atoms with Crippen LogP contribution < -0.4 is 5.32 Å². The van der Waals surface area contributed by atoms with Crippen LogP contribution in [0.1, 0.15) is 19.4 Å². The second kappa shape index (κ2) is 5.78. The number of anilines is 2. The third-order valence-electron chi connectivity index (χ3n) is 4.99. The largest absolute Gasteiger partial charge is 0.355 e. The summed E-state index contributed by atoms with van der Waals surface area (Å²) in [5, 5.41) is 3.40. The van der Waals surface area contributed by atoms with Crippen molar-refractivity contribution in [2.24, 2.45) is 16.8 Å². The van der Waals surface area contributed by atoms with Crippen LogP contribution >= 0.6 is 11.6 Å². The van der Waals surface area contributed by atoms with Crippen molar-refractivity contribution in [3.05, 3.63) is 52.8 Å². The molecule has 4 rings (SSSR count). The van der Waals surface area contributed by atoms with Gasteiger partial charge in [-0.25, -0.2) is 9.38 Å². The van der Waals surface area contributed by atoms with Crippen LogP contribution in [0, 0.1) is 17.7 Å². The summed E-state index contributed by atoms with van der Waals surface area (Å²) in [6.07, 6.45) is 0. The lowest BCUT2D eigenvalue weighted by atomic mass is 10.0. The number of aliphatic imine (C=N–C) groups is 1. The number of rotatable bonds is 0. The van der Waals surface area contributed by atoms with Crippen molar-refractivity contribution in [2.75, 3.05) is 18.4 Å². The van der Waals surface area contributed by atoms with E-state index in [4.69, 9.17) is 16.6 Å². The van der Waals surface area contributed by atoms with E-state index >= 15 is 0 Å². The molecule has 2 atom stereocenters. The lowest BCUT2D eigenvalue weighted by Crippen LogP contribution is -2.29. The van der Waals surface area contributed by atoms with Crippen molar-refractivity contribution >= 4 is 34.5 Å². The molecule has 0 aromatic heterocycles. The van der Waals surface area contributed by atoms with Crippen LogP contribution in [0.3, 0.4) is 0 Å². The Morgan fingerprint density at radius 2 is 1.83 bits per heavy atom. The van der Waals surface area contributed by atoms with Gasteiger partial charge in [0.15, 0.2) is 0 Å². The maximum Gasteiger partial charge on any atom is 0.144 e. The molecular formula is C19H19ClFN3. The average Bonchev–Trinajstić information content (AvgIpc) is 2.80. The van der Waals surface area contributed by atoms with E-state index in [9.17, 15) is 4.39 Å². The van der Waals surface area contributed by atoms with Gasteiger partial charge in [-0.3, -0.25) is 0 Å². The molecule has 0 bridgehead atoms. The number of hydrogen-bond donors (Lipinski definition) is 1. The number of nitrogens with zero attached hydrogens (tertiary/aromatic N) is 2. The topological polar surface area (TPSA) is 27.6 Å². The van der Waals surface area contributed by atoms with Crippen LogP contribution in [-0.4, -0.2) is 23.8 Å². The number of para-hydroxylation sites is 1. The average molecular weight is 344 g/mol. The molecular weight excluding hydrogens is 325 g/mol. The summed E-state index contributed by atoms with van der Waals surface area (Å²) in [5.41, 5.74) is 3.27. The number of hydrogen-bond acceptors (Lipinski definition) is 3. The molecule has 0 spiro atoms. The molecule has 2 aromatic rings. The molecule has 2 heterocycles.